The summed E-state index contributed by atoms with van der Waals surface area (Å²) in [6.45, 7) is 5.78. The van der Waals surface area contributed by atoms with Crippen molar-refractivity contribution in [3.63, 3.8) is 0 Å². The van der Waals surface area contributed by atoms with E-state index in [2.05, 4.69) is 43.0 Å². The van der Waals surface area contributed by atoms with Crippen molar-refractivity contribution in [3.05, 3.63) is 60.7 Å². The van der Waals surface area contributed by atoms with Crippen LogP contribution in [-0.4, -0.2) is 12.8 Å². The molecule has 0 N–H and O–H groups in total. The lowest BCUT2D eigenvalue weighted by molar-refractivity contribution is 0.335. The van der Waals surface area contributed by atoms with E-state index < -0.39 is 6.17 Å². The van der Waals surface area contributed by atoms with E-state index in [1.54, 1.807) is 13.0 Å². The van der Waals surface area contributed by atoms with Crippen LogP contribution in [0.5, 0.6) is 5.75 Å². The van der Waals surface area contributed by atoms with Crippen LogP contribution in [0, 0.1) is 0 Å². The molecule has 0 amide bonds. The molecule has 2 heteroatoms. The maximum Gasteiger partial charge on any atom is 0.120 e. The van der Waals surface area contributed by atoms with Gasteiger partial charge in [-0.3, -0.25) is 0 Å². The summed E-state index contributed by atoms with van der Waals surface area (Å²) >= 11 is 0. The fourth-order valence-electron chi connectivity index (χ4n) is 2.33. The number of rotatable bonds is 8. The molecule has 0 fully saturated rings. The van der Waals surface area contributed by atoms with E-state index in [0.717, 1.165) is 24.0 Å². The lowest BCUT2D eigenvalue weighted by Gasteiger charge is -2.05. The van der Waals surface area contributed by atoms with Gasteiger partial charge in [-0.25, -0.2) is 4.39 Å². The average Bonchev–Trinajstić information content (AvgIpc) is 2.52. The van der Waals surface area contributed by atoms with Crippen molar-refractivity contribution in [2.75, 3.05) is 6.61 Å². The quantitative estimate of drug-likeness (QED) is 0.432. The minimum absolute atomic E-state index is 0.518. The third kappa shape index (κ3) is 5.03. The second-order valence-electron chi connectivity index (χ2n) is 5.48. The summed E-state index contributed by atoms with van der Waals surface area (Å²) in [5, 5.41) is 2.34. The molecule has 1 unspecified atom stereocenters. The summed E-state index contributed by atoms with van der Waals surface area (Å²) in [7, 11) is 0. The highest BCUT2D eigenvalue weighted by Crippen LogP contribution is 2.22. The summed E-state index contributed by atoms with van der Waals surface area (Å²) in [5.74, 6) is 0.857. The zero-order valence-corrected chi connectivity index (χ0v) is 13.1. The summed E-state index contributed by atoms with van der Waals surface area (Å²) in [6.07, 6.45) is 7.70. The van der Waals surface area contributed by atoms with Crippen molar-refractivity contribution in [1.82, 2.24) is 0 Å². The lowest BCUT2D eigenvalue weighted by Crippen LogP contribution is -1.92. The second kappa shape index (κ2) is 8.38. The highest BCUT2D eigenvalue weighted by molar-refractivity contribution is 5.86. The van der Waals surface area contributed by atoms with Crippen LogP contribution in [0.3, 0.4) is 0 Å². The molecule has 2 rings (SSSR count). The Kier molecular flexibility index (Phi) is 6.20. The van der Waals surface area contributed by atoms with E-state index in [4.69, 9.17) is 4.74 Å². The van der Waals surface area contributed by atoms with Gasteiger partial charge in [-0.2, -0.15) is 0 Å². The van der Waals surface area contributed by atoms with Gasteiger partial charge < -0.3 is 4.74 Å². The molecule has 116 valence electrons. The number of fused-ring (bicyclic) bond motifs is 1. The summed E-state index contributed by atoms with van der Waals surface area (Å²) in [6, 6.07) is 12.4. The van der Waals surface area contributed by atoms with E-state index in [0.29, 0.717) is 13.0 Å². The normalized spacial score (nSPS) is 12.6. The van der Waals surface area contributed by atoms with Crippen molar-refractivity contribution in [3.8, 4) is 5.75 Å². The van der Waals surface area contributed by atoms with Crippen LogP contribution in [0.1, 0.15) is 31.7 Å². The Morgan fingerprint density at radius 3 is 2.73 bits per heavy atom. The maximum atomic E-state index is 12.7. The lowest BCUT2D eigenvalue weighted by atomic mass is 10.1. The fraction of sp³-hybridized carbons (Fsp3) is 0.300. The molecule has 2 aromatic rings. The maximum absolute atomic E-state index is 12.7. The number of hydrogen-bond acceptors (Lipinski definition) is 1. The molecule has 0 bridgehead atoms. The van der Waals surface area contributed by atoms with Crippen molar-refractivity contribution >= 4 is 16.8 Å². The predicted octanol–water partition coefficient (Wildman–Crippen LogP) is 5.95. The average molecular weight is 298 g/mol. The van der Waals surface area contributed by atoms with Crippen molar-refractivity contribution in [1.29, 1.82) is 0 Å². The molecule has 0 aromatic heterocycles. The zero-order chi connectivity index (χ0) is 15.8. The zero-order valence-electron chi connectivity index (χ0n) is 13.1. The van der Waals surface area contributed by atoms with Crippen LogP contribution < -0.4 is 4.74 Å². The number of ether oxygens (including phenoxy) is 1. The van der Waals surface area contributed by atoms with Gasteiger partial charge in [-0.05, 0) is 60.7 Å². The van der Waals surface area contributed by atoms with Gasteiger partial charge in [-0.15, -0.1) is 0 Å². The molecule has 1 atom stereocenters. The van der Waals surface area contributed by atoms with Gasteiger partial charge in [0, 0.05) is 0 Å². The number of alkyl halides is 1. The van der Waals surface area contributed by atoms with Gasteiger partial charge in [0.1, 0.15) is 12.4 Å². The molecule has 0 aliphatic carbocycles. The molecule has 0 radical (unpaired) electrons. The van der Waals surface area contributed by atoms with Crippen LogP contribution in [0.4, 0.5) is 4.39 Å². The number of unbranched alkanes of at least 4 members (excludes halogenated alkanes) is 1. The van der Waals surface area contributed by atoms with Gasteiger partial charge in [0.15, 0.2) is 0 Å². The third-order valence-corrected chi connectivity index (χ3v) is 3.49. The molecule has 1 nitrogen and oxygen atoms in total. The van der Waals surface area contributed by atoms with Crippen LogP contribution in [0.2, 0.25) is 0 Å². The third-order valence-electron chi connectivity index (χ3n) is 3.49. The van der Waals surface area contributed by atoms with Crippen LogP contribution >= 0.6 is 0 Å². The van der Waals surface area contributed by atoms with Crippen molar-refractivity contribution in [2.45, 2.75) is 32.4 Å². The largest absolute Gasteiger partial charge is 0.490 e. The first-order valence-electron chi connectivity index (χ1n) is 7.77. The number of hydrogen-bond donors (Lipinski definition) is 0. The Morgan fingerprint density at radius 1 is 1.18 bits per heavy atom. The Hall–Kier alpha value is -2.09. The first kappa shape index (κ1) is 16.3. The number of allylic oxidation sites excluding steroid dienone is 1. The van der Waals surface area contributed by atoms with Crippen LogP contribution in [0.25, 0.3) is 16.8 Å². The number of benzene rings is 2. The van der Waals surface area contributed by atoms with Gasteiger partial charge in [0.05, 0.1) is 6.17 Å². The second-order valence-corrected chi connectivity index (χ2v) is 5.48. The highest BCUT2D eigenvalue weighted by atomic mass is 19.1. The predicted molar refractivity (Wildman–Crippen MR) is 93.1 cm³/mol. The highest BCUT2D eigenvalue weighted by Gasteiger charge is 1.98. The molecule has 2 aromatic carbocycles. The molecular formula is C20H23FO. The molecule has 22 heavy (non-hydrogen) atoms. The molecule has 0 saturated carbocycles. The summed E-state index contributed by atoms with van der Waals surface area (Å²) < 4.78 is 18.2. The smallest absolute Gasteiger partial charge is 0.120 e. The molecular weight excluding hydrogens is 275 g/mol. The van der Waals surface area contributed by atoms with Crippen molar-refractivity contribution < 1.29 is 9.13 Å². The van der Waals surface area contributed by atoms with Crippen LogP contribution in [0.15, 0.2) is 55.1 Å². The number of halogens is 1. The Labute approximate surface area is 132 Å². The Bertz CT molecular complexity index is 643. The fourth-order valence-corrected chi connectivity index (χ4v) is 2.33. The molecule has 0 aliphatic heterocycles. The van der Waals surface area contributed by atoms with E-state index in [9.17, 15) is 4.39 Å². The topological polar surface area (TPSA) is 9.23 Å². The van der Waals surface area contributed by atoms with E-state index >= 15 is 0 Å². The summed E-state index contributed by atoms with van der Waals surface area (Å²) in [4.78, 5) is 0. The molecule has 0 saturated heterocycles. The van der Waals surface area contributed by atoms with E-state index in [1.807, 2.05) is 12.1 Å². The molecule has 0 aliphatic rings. The van der Waals surface area contributed by atoms with Gasteiger partial charge in [0.2, 0.25) is 0 Å². The monoisotopic (exact) mass is 298 g/mol. The van der Waals surface area contributed by atoms with Gasteiger partial charge >= 0.3 is 0 Å². The minimum Gasteiger partial charge on any atom is -0.490 e. The Balaban J connectivity index is 2.01. The molecule has 0 heterocycles. The van der Waals surface area contributed by atoms with Crippen LogP contribution in [-0.2, 0) is 0 Å². The van der Waals surface area contributed by atoms with Gasteiger partial charge in [0.25, 0.3) is 0 Å². The Morgan fingerprint density at radius 2 is 1.95 bits per heavy atom. The SMILES string of the molecule is C=CCOc1ccc2cc(/C=C/CCCC(C)F)ccc2c1. The standard InChI is InChI=1S/C20H23FO/c1-3-13-22-20-12-11-18-14-17(9-10-19(18)15-20)8-6-4-5-7-16(2)21/h3,6,8-12,14-16H,1,4-5,7,13H2,2H3/b8-6+. The van der Waals surface area contributed by atoms with Crippen molar-refractivity contribution in [2.24, 2.45) is 0 Å². The summed E-state index contributed by atoms with van der Waals surface area (Å²) in [5.41, 5.74) is 1.17. The molecule has 0 spiro atoms. The first-order valence-corrected chi connectivity index (χ1v) is 7.77. The van der Waals surface area contributed by atoms with Gasteiger partial charge in [-0.1, -0.05) is 43.0 Å². The van der Waals surface area contributed by atoms with E-state index in [1.165, 1.54) is 10.9 Å². The van der Waals surface area contributed by atoms with E-state index in [-0.39, 0.29) is 0 Å². The minimum atomic E-state index is -0.702. The first-order chi connectivity index (χ1) is 10.7.